The zero-order valence-electron chi connectivity index (χ0n) is 28.0. The number of aromatic nitrogens is 2. The van der Waals surface area contributed by atoms with Gasteiger partial charge in [-0.05, 0) is 77.7 Å². The maximum Gasteiger partial charge on any atom is 0.234 e. The molecule has 1 atom stereocenters. The van der Waals surface area contributed by atoms with Crippen LogP contribution in [-0.4, -0.2) is 20.9 Å². The number of benzene rings is 7. The summed E-state index contributed by atoms with van der Waals surface area (Å²) in [5, 5.41) is 8.45. The van der Waals surface area contributed by atoms with Crippen LogP contribution in [0.1, 0.15) is 22.9 Å². The molecular weight excluding hydrogens is 623 g/mol. The number of aryl methyl sites for hydroxylation is 1. The SMILES string of the molecule is Cc1ccccc1C1N=C(n2c3ccccc3c3cc(-c4ccc5c(c4)c4ccccc4n5-c4ccccc4)ccc32)N=C(c2ccccc2)N1. The van der Waals surface area contributed by atoms with Crippen molar-refractivity contribution >= 4 is 55.4 Å². The Morgan fingerprint density at radius 3 is 1.67 bits per heavy atom. The Kier molecular flexibility index (Phi) is 6.71. The lowest BCUT2D eigenvalue weighted by atomic mass is 10.0. The molecule has 3 heterocycles. The van der Waals surface area contributed by atoms with Gasteiger partial charge in [-0.1, -0.05) is 121 Å². The van der Waals surface area contributed by atoms with Gasteiger partial charge >= 0.3 is 0 Å². The summed E-state index contributed by atoms with van der Waals surface area (Å²) in [6.07, 6.45) is -0.283. The predicted molar refractivity (Wildman–Crippen MR) is 212 cm³/mol. The summed E-state index contributed by atoms with van der Waals surface area (Å²) in [6.45, 7) is 2.14. The highest BCUT2D eigenvalue weighted by atomic mass is 15.3. The lowest BCUT2D eigenvalue weighted by molar-refractivity contribution is 0.664. The van der Waals surface area contributed by atoms with Gasteiger partial charge in [-0.15, -0.1) is 0 Å². The molecule has 0 saturated carbocycles. The van der Waals surface area contributed by atoms with E-state index in [-0.39, 0.29) is 6.17 Å². The Morgan fingerprint density at radius 1 is 0.471 bits per heavy atom. The lowest BCUT2D eigenvalue weighted by Gasteiger charge is -2.25. The Hall–Kier alpha value is -6.72. The van der Waals surface area contributed by atoms with Crippen LogP contribution in [0.5, 0.6) is 0 Å². The van der Waals surface area contributed by atoms with E-state index < -0.39 is 0 Å². The van der Waals surface area contributed by atoms with Crippen molar-refractivity contribution in [3.05, 3.63) is 187 Å². The fourth-order valence-electron chi connectivity index (χ4n) is 7.71. The van der Waals surface area contributed by atoms with E-state index in [1.54, 1.807) is 0 Å². The molecule has 5 nitrogen and oxygen atoms in total. The topological polar surface area (TPSA) is 46.6 Å². The molecule has 0 amide bonds. The van der Waals surface area contributed by atoms with Gasteiger partial charge in [0.1, 0.15) is 12.0 Å². The predicted octanol–water partition coefficient (Wildman–Crippen LogP) is 10.8. The largest absolute Gasteiger partial charge is 0.344 e. The average Bonchev–Trinajstić information content (AvgIpc) is 3.71. The maximum atomic E-state index is 5.28. The Morgan fingerprint density at radius 2 is 1.00 bits per heavy atom. The van der Waals surface area contributed by atoms with Crippen molar-refractivity contribution in [2.45, 2.75) is 13.1 Å². The molecule has 5 heteroatoms. The van der Waals surface area contributed by atoms with Gasteiger partial charge in [0, 0.05) is 32.8 Å². The molecule has 0 aliphatic carbocycles. The van der Waals surface area contributed by atoms with Gasteiger partial charge in [0.05, 0.1) is 22.1 Å². The summed E-state index contributed by atoms with van der Waals surface area (Å²) in [6, 6.07) is 60.3. The van der Waals surface area contributed by atoms with E-state index >= 15 is 0 Å². The quantitative estimate of drug-likeness (QED) is 0.202. The Labute approximate surface area is 295 Å². The molecule has 0 bridgehead atoms. The van der Waals surface area contributed by atoms with Crippen LogP contribution >= 0.6 is 0 Å². The first-order chi connectivity index (χ1) is 25.2. The standard InChI is InChI=1S/C46H33N5/c1-30-14-8-9-19-35(30)45-47-44(31-15-4-2-5-16-31)48-46(49-45)51-41-23-13-11-21-37(41)39-29-33(25-27-43(39)51)32-24-26-42-38(28-32)36-20-10-12-22-40(36)50(42)34-17-6-3-7-18-34/h2-29,45H,1H3,(H,47,48,49). The summed E-state index contributed by atoms with van der Waals surface area (Å²) in [4.78, 5) is 10.5. The number of para-hydroxylation sites is 3. The monoisotopic (exact) mass is 655 g/mol. The van der Waals surface area contributed by atoms with Crippen molar-refractivity contribution in [2.24, 2.45) is 9.98 Å². The highest BCUT2D eigenvalue weighted by Crippen LogP contribution is 2.38. The van der Waals surface area contributed by atoms with Crippen molar-refractivity contribution in [1.29, 1.82) is 0 Å². The molecule has 1 unspecified atom stereocenters. The normalized spacial score (nSPS) is 14.6. The molecule has 9 aromatic rings. The molecule has 0 saturated heterocycles. The highest BCUT2D eigenvalue weighted by Gasteiger charge is 2.25. The minimum atomic E-state index is -0.283. The Bertz CT molecular complexity index is 2840. The van der Waals surface area contributed by atoms with Gasteiger partial charge in [0.15, 0.2) is 0 Å². The van der Waals surface area contributed by atoms with Crippen molar-refractivity contribution in [1.82, 2.24) is 14.5 Å². The zero-order chi connectivity index (χ0) is 33.9. The first kappa shape index (κ1) is 29.2. The van der Waals surface area contributed by atoms with E-state index in [0.717, 1.165) is 33.7 Å². The third-order valence-electron chi connectivity index (χ3n) is 10.2. The third kappa shape index (κ3) is 4.77. The minimum Gasteiger partial charge on any atom is -0.344 e. The number of nitrogens with one attached hydrogen (secondary N) is 1. The van der Waals surface area contributed by atoms with Gasteiger partial charge in [0.2, 0.25) is 5.96 Å². The number of rotatable bonds is 4. The smallest absolute Gasteiger partial charge is 0.234 e. The van der Waals surface area contributed by atoms with Crippen LogP contribution in [0.2, 0.25) is 0 Å². The van der Waals surface area contributed by atoms with E-state index in [9.17, 15) is 0 Å². The number of hydrogen-bond acceptors (Lipinski definition) is 3. The molecule has 242 valence electrons. The summed E-state index contributed by atoms with van der Waals surface area (Å²) in [7, 11) is 0. The second kappa shape index (κ2) is 11.7. The fraction of sp³-hybridized carbons (Fsp3) is 0.0435. The minimum absolute atomic E-state index is 0.283. The Balaban J connectivity index is 1.15. The van der Waals surface area contributed by atoms with Crippen molar-refractivity contribution in [3.63, 3.8) is 0 Å². The molecule has 1 N–H and O–H groups in total. The highest BCUT2D eigenvalue weighted by molar-refractivity contribution is 6.18. The molecule has 2 aromatic heterocycles. The van der Waals surface area contributed by atoms with Crippen LogP contribution in [0.3, 0.4) is 0 Å². The third-order valence-corrected chi connectivity index (χ3v) is 10.2. The molecule has 10 rings (SSSR count). The van der Waals surface area contributed by atoms with Crippen LogP contribution in [0.4, 0.5) is 0 Å². The second-order valence-corrected chi connectivity index (χ2v) is 13.2. The van der Waals surface area contributed by atoms with Crippen molar-refractivity contribution < 1.29 is 0 Å². The number of aliphatic imine (C=N–C) groups is 2. The van der Waals surface area contributed by atoms with Gasteiger partial charge in [0.25, 0.3) is 0 Å². The van der Waals surface area contributed by atoms with Crippen LogP contribution in [0, 0.1) is 6.92 Å². The molecule has 7 aromatic carbocycles. The average molecular weight is 656 g/mol. The summed E-state index contributed by atoms with van der Waals surface area (Å²) in [5.74, 6) is 1.47. The molecule has 1 aliphatic heterocycles. The second-order valence-electron chi connectivity index (χ2n) is 13.2. The van der Waals surface area contributed by atoms with Gasteiger partial charge in [-0.3, -0.25) is 4.57 Å². The van der Waals surface area contributed by atoms with Crippen molar-refractivity contribution in [3.8, 4) is 16.8 Å². The van der Waals surface area contributed by atoms with E-state index in [1.807, 2.05) is 18.2 Å². The summed E-state index contributed by atoms with van der Waals surface area (Å²) < 4.78 is 4.58. The maximum absolute atomic E-state index is 5.28. The number of hydrogen-bond donors (Lipinski definition) is 1. The summed E-state index contributed by atoms with van der Waals surface area (Å²) in [5.41, 5.74) is 11.4. The van der Waals surface area contributed by atoms with Crippen LogP contribution in [0.15, 0.2) is 180 Å². The van der Waals surface area contributed by atoms with Crippen LogP contribution < -0.4 is 5.32 Å². The zero-order valence-corrected chi connectivity index (χ0v) is 28.0. The number of fused-ring (bicyclic) bond motifs is 6. The van der Waals surface area contributed by atoms with Gasteiger partial charge in [-0.25, -0.2) is 4.99 Å². The fourth-order valence-corrected chi connectivity index (χ4v) is 7.71. The van der Waals surface area contributed by atoms with E-state index in [1.165, 1.54) is 49.3 Å². The summed E-state index contributed by atoms with van der Waals surface area (Å²) >= 11 is 0. The van der Waals surface area contributed by atoms with Crippen LogP contribution in [0.25, 0.3) is 60.4 Å². The van der Waals surface area contributed by atoms with Gasteiger partial charge in [-0.2, -0.15) is 4.99 Å². The van der Waals surface area contributed by atoms with Gasteiger partial charge < -0.3 is 9.88 Å². The van der Waals surface area contributed by atoms with E-state index in [0.29, 0.717) is 5.96 Å². The van der Waals surface area contributed by atoms with E-state index in [2.05, 4.69) is 173 Å². The lowest BCUT2D eigenvalue weighted by Crippen LogP contribution is -2.35. The van der Waals surface area contributed by atoms with Crippen LogP contribution in [-0.2, 0) is 0 Å². The number of amidine groups is 1. The molecule has 51 heavy (non-hydrogen) atoms. The molecule has 0 spiro atoms. The molecular formula is C46H33N5. The van der Waals surface area contributed by atoms with E-state index in [4.69, 9.17) is 9.98 Å². The molecule has 1 aliphatic rings. The molecule has 0 fully saturated rings. The molecule has 0 radical (unpaired) electrons. The van der Waals surface area contributed by atoms with Crippen molar-refractivity contribution in [2.75, 3.05) is 0 Å². The first-order valence-electron chi connectivity index (χ1n) is 17.4. The number of nitrogens with zero attached hydrogens (tertiary/aromatic N) is 4. The first-order valence-corrected chi connectivity index (χ1v) is 17.4.